The number of nitrogens with zero attached hydrogens (tertiary/aromatic N) is 1. The van der Waals surface area contributed by atoms with Gasteiger partial charge in [-0.25, -0.2) is 13.5 Å². The lowest BCUT2D eigenvalue weighted by molar-refractivity contribution is -0.120. The van der Waals surface area contributed by atoms with E-state index < -0.39 is 40.6 Å². The number of halogens is 2. The summed E-state index contributed by atoms with van der Waals surface area (Å²) in [4.78, 5) is 26.1. The van der Waals surface area contributed by atoms with Gasteiger partial charge in [-0.15, -0.1) is 10.8 Å². The summed E-state index contributed by atoms with van der Waals surface area (Å²) in [6.07, 6.45) is 2.34. The maximum absolute atomic E-state index is 15.3. The van der Waals surface area contributed by atoms with Gasteiger partial charge in [0.15, 0.2) is 0 Å². The molecule has 2 unspecified atom stereocenters. The van der Waals surface area contributed by atoms with Crippen LogP contribution in [0.5, 0.6) is 0 Å². The SMILES string of the molecule is CC1(C)CCC([C@H](c2ccc(Cl)cc2)[C@H](NC(=O)O)C(=O)Nc2cccc(F)c2CC[C@H]2CN[C@@H]3CCCS(O)(O)N2C3)CO1. The van der Waals surface area contributed by atoms with Crippen molar-refractivity contribution in [2.24, 2.45) is 5.92 Å². The molecule has 3 aliphatic heterocycles. The van der Waals surface area contributed by atoms with Crippen molar-refractivity contribution >= 4 is 40.1 Å². The minimum atomic E-state index is -2.92. The molecule has 0 saturated carbocycles. The Balaban J connectivity index is 1.39. The molecule has 6 atom stereocenters. The molecule has 3 aliphatic rings. The molecule has 3 saturated heterocycles. The second-order valence-corrected chi connectivity index (χ2v) is 15.6. The van der Waals surface area contributed by atoms with E-state index in [4.69, 9.17) is 16.3 Å². The highest BCUT2D eigenvalue weighted by atomic mass is 35.5. The van der Waals surface area contributed by atoms with Crippen LogP contribution in [0.1, 0.15) is 63.0 Å². The molecule has 6 N–H and O–H groups in total. The summed E-state index contributed by atoms with van der Waals surface area (Å²) in [5, 5.41) is 19.1. The molecule has 13 heteroatoms. The Labute approximate surface area is 270 Å². The maximum Gasteiger partial charge on any atom is 0.405 e. The second kappa shape index (κ2) is 14.1. The number of carbonyl (C=O) groups excluding carboxylic acids is 1. The monoisotopic (exact) mass is 666 g/mol. The summed E-state index contributed by atoms with van der Waals surface area (Å²) >= 11 is 6.16. The van der Waals surface area contributed by atoms with Gasteiger partial charge in [-0.2, -0.15) is 0 Å². The normalized spacial score (nSPS) is 27.8. The molecular formula is C32H44ClFN4O6S. The number of carbonyl (C=O) groups is 2. The number of rotatable bonds is 9. The van der Waals surface area contributed by atoms with Crippen molar-refractivity contribution in [1.29, 1.82) is 0 Å². The maximum atomic E-state index is 15.3. The van der Waals surface area contributed by atoms with Gasteiger partial charge >= 0.3 is 6.09 Å². The Kier molecular flexibility index (Phi) is 10.6. The largest absolute Gasteiger partial charge is 0.465 e. The van der Waals surface area contributed by atoms with Gasteiger partial charge in [0.05, 0.1) is 18.0 Å². The molecule has 5 rings (SSSR count). The van der Waals surface area contributed by atoms with Crippen LogP contribution in [0.15, 0.2) is 42.5 Å². The van der Waals surface area contributed by atoms with Crippen LogP contribution < -0.4 is 16.0 Å². The van der Waals surface area contributed by atoms with E-state index in [2.05, 4.69) is 16.0 Å². The number of piperazine rings is 1. The number of amides is 2. The highest BCUT2D eigenvalue weighted by Gasteiger charge is 2.41. The van der Waals surface area contributed by atoms with E-state index in [-0.39, 0.29) is 41.3 Å². The van der Waals surface area contributed by atoms with Gasteiger partial charge in [0.2, 0.25) is 5.91 Å². The number of anilines is 1. The van der Waals surface area contributed by atoms with Crippen LogP contribution in [0.3, 0.4) is 0 Å². The summed E-state index contributed by atoms with van der Waals surface area (Å²) in [6.45, 7) is 5.41. The number of fused-ring (bicyclic) bond motifs is 2. The lowest BCUT2D eigenvalue weighted by atomic mass is 9.75. The van der Waals surface area contributed by atoms with Gasteiger partial charge in [-0.1, -0.05) is 29.8 Å². The Morgan fingerprint density at radius 1 is 1.20 bits per heavy atom. The van der Waals surface area contributed by atoms with Crippen LogP contribution in [0.25, 0.3) is 0 Å². The van der Waals surface area contributed by atoms with Gasteiger partial charge < -0.3 is 25.8 Å². The highest BCUT2D eigenvalue weighted by molar-refractivity contribution is 8.22. The Morgan fingerprint density at radius 3 is 2.64 bits per heavy atom. The van der Waals surface area contributed by atoms with Gasteiger partial charge in [-0.05, 0) is 88.1 Å². The van der Waals surface area contributed by atoms with Gasteiger partial charge in [0, 0.05) is 47.4 Å². The lowest BCUT2D eigenvalue weighted by Crippen LogP contribution is -2.55. The first-order valence-electron chi connectivity index (χ1n) is 15.6. The average molecular weight is 667 g/mol. The van der Waals surface area contributed by atoms with Crippen LogP contribution in [-0.2, 0) is 16.0 Å². The summed E-state index contributed by atoms with van der Waals surface area (Å²) in [7, 11) is -2.92. The standard InChI is InChI=1S/C32H44ClFN4O6S/c1-32(2)15-14-21(19-44-32)28(20-8-10-22(33)11-9-20)29(37-31(40)41)30(39)36-27-7-3-6-26(34)25(27)13-12-24-17-35-23-5-4-16-45(42,43)38(24)18-23/h3,6-11,21,23-24,28-29,35,37,42-43H,4-5,12-19H2,1-2H3,(H,36,39)(H,40,41)/t21?,23-,24+,28+,29+/m1/s1. The summed E-state index contributed by atoms with van der Waals surface area (Å²) in [5.74, 6) is -1.56. The van der Waals surface area contributed by atoms with Gasteiger partial charge in [0.25, 0.3) is 0 Å². The molecule has 2 bridgehead atoms. The molecule has 0 aliphatic carbocycles. The molecule has 2 aromatic carbocycles. The predicted molar refractivity (Wildman–Crippen MR) is 174 cm³/mol. The average Bonchev–Trinajstić information content (AvgIpc) is 3.09. The fraction of sp³-hybridized carbons (Fsp3) is 0.562. The van der Waals surface area contributed by atoms with Crippen molar-refractivity contribution < 1.29 is 32.9 Å². The quantitative estimate of drug-likeness (QED) is 0.189. The van der Waals surface area contributed by atoms with Crippen molar-refractivity contribution in [2.45, 2.75) is 82.0 Å². The van der Waals surface area contributed by atoms with Crippen LogP contribution in [-0.4, -0.2) is 79.7 Å². The van der Waals surface area contributed by atoms with E-state index in [0.717, 1.165) is 24.8 Å². The molecule has 2 amide bonds. The highest BCUT2D eigenvalue weighted by Crippen LogP contribution is 2.49. The van der Waals surface area contributed by atoms with Crippen molar-refractivity contribution in [3.8, 4) is 0 Å². The van der Waals surface area contributed by atoms with Crippen molar-refractivity contribution in [3.63, 3.8) is 0 Å². The molecule has 10 nitrogen and oxygen atoms in total. The van der Waals surface area contributed by atoms with E-state index in [1.54, 1.807) is 34.6 Å². The molecular weight excluding hydrogens is 623 g/mol. The Hall–Kier alpha value is -2.45. The molecule has 248 valence electrons. The number of ether oxygens (including phenoxy) is 1. The molecule has 3 heterocycles. The van der Waals surface area contributed by atoms with E-state index >= 15 is 4.39 Å². The number of nitrogens with one attached hydrogen (secondary N) is 3. The minimum Gasteiger partial charge on any atom is -0.465 e. The molecule has 0 spiro atoms. The number of carboxylic acid groups (broad SMARTS) is 1. The fourth-order valence-electron chi connectivity index (χ4n) is 6.90. The Morgan fingerprint density at radius 2 is 1.96 bits per heavy atom. The van der Waals surface area contributed by atoms with Crippen LogP contribution in [0.4, 0.5) is 14.9 Å². The second-order valence-electron chi connectivity index (χ2n) is 13.0. The molecule has 3 fully saturated rings. The first kappa shape index (κ1) is 33.9. The number of hydrogen-bond acceptors (Lipinski definition) is 7. The van der Waals surface area contributed by atoms with Crippen LogP contribution in [0, 0.1) is 11.7 Å². The first-order valence-corrected chi connectivity index (χ1v) is 17.6. The summed E-state index contributed by atoms with van der Waals surface area (Å²) < 4.78 is 44.9. The van der Waals surface area contributed by atoms with E-state index in [1.165, 1.54) is 12.1 Å². The predicted octanol–water partition coefficient (Wildman–Crippen LogP) is 6.08. The zero-order valence-corrected chi connectivity index (χ0v) is 27.2. The topological polar surface area (TPSA) is 143 Å². The lowest BCUT2D eigenvalue weighted by Gasteiger charge is -2.49. The minimum absolute atomic E-state index is 0.176. The first-order chi connectivity index (χ1) is 21.3. The molecule has 0 radical (unpaired) electrons. The third kappa shape index (κ3) is 8.29. The third-order valence-electron chi connectivity index (χ3n) is 9.39. The molecule has 45 heavy (non-hydrogen) atoms. The fourth-order valence-corrected chi connectivity index (χ4v) is 8.89. The zero-order valence-electron chi connectivity index (χ0n) is 25.7. The molecule has 2 aromatic rings. The summed E-state index contributed by atoms with van der Waals surface area (Å²) in [5.41, 5.74) is 0.932. The van der Waals surface area contributed by atoms with Crippen molar-refractivity contribution in [3.05, 3.63) is 64.4 Å². The Bertz CT molecular complexity index is 1360. The van der Waals surface area contributed by atoms with Crippen molar-refractivity contribution in [2.75, 3.05) is 30.8 Å². The zero-order chi connectivity index (χ0) is 32.4. The number of benzene rings is 2. The van der Waals surface area contributed by atoms with Gasteiger partial charge in [-0.3, -0.25) is 13.9 Å². The number of hydrogen-bond donors (Lipinski definition) is 6. The van der Waals surface area contributed by atoms with E-state index in [9.17, 15) is 23.8 Å². The van der Waals surface area contributed by atoms with Crippen LogP contribution >= 0.6 is 22.4 Å². The van der Waals surface area contributed by atoms with E-state index in [1.807, 2.05) is 13.8 Å². The van der Waals surface area contributed by atoms with Crippen molar-refractivity contribution in [1.82, 2.24) is 14.9 Å². The van der Waals surface area contributed by atoms with Gasteiger partial charge in [0.1, 0.15) is 11.9 Å². The third-order valence-corrected chi connectivity index (χ3v) is 11.7. The molecule has 0 aromatic heterocycles. The van der Waals surface area contributed by atoms with Crippen LogP contribution in [0.2, 0.25) is 5.02 Å². The summed E-state index contributed by atoms with van der Waals surface area (Å²) in [6, 6.07) is 10.2. The van der Waals surface area contributed by atoms with E-state index in [0.29, 0.717) is 43.3 Å². The smallest absolute Gasteiger partial charge is 0.405 e.